The summed E-state index contributed by atoms with van der Waals surface area (Å²) in [6, 6.07) is 25.6. The summed E-state index contributed by atoms with van der Waals surface area (Å²) in [5.41, 5.74) is 2.57. The molecule has 3 aromatic rings. The summed E-state index contributed by atoms with van der Waals surface area (Å²) in [7, 11) is -3.62. The van der Waals surface area contributed by atoms with Gasteiger partial charge in [0.1, 0.15) is 0 Å². The molecule has 1 atom stereocenters. The Hall–Kier alpha value is -2.89. The molecule has 0 amide bonds. The van der Waals surface area contributed by atoms with Crippen LogP contribution in [-0.2, 0) is 16.4 Å². The number of rotatable bonds is 9. The molecule has 29 heavy (non-hydrogen) atoms. The number of anilines is 1. The van der Waals surface area contributed by atoms with Crippen LogP contribution in [0.3, 0.4) is 0 Å². The quantitative estimate of drug-likeness (QED) is 0.531. The van der Waals surface area contributed by atoms with E-state index in [-0.39, 0.29) is 4.90 Å². The van der Waals surface area contributed by atoms with Crippen molar-refractivity contribution in [2.75, 3.05) is 4.72 Å². The average molecular weight is 408 g/mol. The van der Waals surface area contributed by atoms with Gasteiger partial charge in [0.05, 0.1) is 11.0 Å². The van der Waals surface area contributed by atoms with Gasteiger partial charge in [-0.2, -0.15) is 0 Å². The Morgan fingerprint density at radius 1 is 0.897 bits per heavy atom. The molecule has 0 aliphatic rings. The van der Waals surface area contributed by atoms with Crippen LogP contribution in [0.1, 0.15) is 24.0 Å². The molecular formula is C24H25NO3S. The Kier molecular flexibility index (Phi) is 7.22. The molecule has 0 heterocycles. The first-order chi connectivity index (χ1) is 14.0. The summed E-state index contributed by atoms with van der Waals surface area (Å²) in [6.45, 7) is 0. The first kappa shape index (κ1) is 20.8. The Bertz CT molecular complexity index is 1030. The van der Waals surface area contributed by atoms with Crippen LogP contribution in [0.25, 0.3) is 6.08 Å². The fraction of sp³-hybridized carbons (Fsp3) is 0.167. The molecule has 5 heteroatoms. The summed E-state index contributed by atoms with van der Waals surface area (Å²) in [5.74, 6) is 0. The van der Waals surface area contributed by atoms with Crippen LogP contribution < -0.4 is 4.72 Å². The maximum Gasteiger partial charge on any atom is 0.261 e. The maximum atomic E-state index is 12.4. The highest BCUT2D eigenvalue weighted by atomic mass is 32.2. The van der Waals surface area contributed by atoms with Gasteiger partial charge >= 0.3 is 0 Å². The minimum Gasteiger partial charge on any atom is -0.389 e. The lowest BCUT2D eigenvalue weighted by molar-refractivity contribution is 0.210. The Morgan fingerprint density at radius 3 is 2.31 bits per heavy atom. The topological polar surface area (TPSA) is 66.4 Å². The number of nitrogens with one attached hydrogen (secondary N) is 1. The predicted molar refractivity (Wildman–Crippen MR) is 118 cm³/mol. The van der Waals surface area contributed by atoms with E-state index < -0.39 is 16.1 Å². The summed E-state index contributed by atoms with van der Waals surface area (Å²) in [4.78, 5) is 0.217. The van der Waals surface area contributed by atoms with Gasteiger partial charge in [0.2, 0.25) is 0 Å². The fourth-order valence-electron chi connectivity index (χ4n) is 3.00. The van der Waals surface area contributed by atoms with Crippen LogP contribution in [0.15, 0.2) is 95.9 Å². The average Bonchev–Trinajstić information content (AvgIpc) is 2.74. The standard InChI is InChI=1S/C24H25NO3S/c26-23(14-8-11-20-9-3-1-4-10-20)18-17-21-12-7-13-22(19-21)25-29(27,28)24-15-5-2-6-16-24/h1-7,9-10,12-13,15-19,23,25-26H,8,11,14H2/b18-17+/t23-/m0/s1. The van der Waals surface area contributed by atoms with Crippen molar-refractivity contribution in [2.45, 2.75) is 30.3 Å². The van der Waals surface area contributed by atoms with Crippen molar-refractivity contribution in [3.05, 3.63) is 102 Å². The van der Waals surface area contributed by atoms with Gasteiger partial charge in [-0.25, -0.2) is 8.42 Å². The van der Waals surface area contributed by atoms with Crippen LogP contribution in [0.2, 0.25) is 0 Å². The zero-order valence-corrected chi connectivity index (χ0v) is 16.9. The second kappa shape index (κ2) is 10.0. The largest absolute Gasteiger partial charge is 0.389 e. The number of aliphatic hydroxyl groups excluding tert-OH is 1. The first-order valence-corrected chi connectivity index (χ1v) is 11.1. The summed E-state index contributed by atoms with van der Waals surface area (Å²) in [5, 5.41) is 10.2. The van der Waals surface area contributed by atoms with Gasteiger partial charge in [-0.1, -0.05) is 72.8 Å². The van der Waals surface area contributed by atoms with Gasteiger partial charge in [0, 0.05) is 5.69 Å². The first-order valence-electron chi connectivity index (χ1n) is 9.61. The molecule has 0 saturated carbocycles. The Morgan fingerprint density at radius 2 is 1.59 bits per heavy atom. The predicted octanol–water partition coefficient (Wildman–Crippen LogP) is 4.88. The lowest BCUT2D eigenvalue weighted by Crippen LogP contribution is -2.12. The number of benzene rings is 3. The summed E-state index contributed by atoms with van der Waals surface area (Å²) >= 11 is 0. The zero-order valence-electron chi connectivity index (χ0n) is 16.1. The van der Waals surface area contributed by atoms with Crippen LogP contribution in [0, 0.1) is 0 Å². The van der Waals surface area contributed by atoms with Gasteiger partial charge in [-0.3, -0.25) is 4.72 Å². The van der Waals surface area contributed by atoms with E-state index in [9.17, 15) is 13.5 Å². The molecule has 0 unspecified atom stereocenters. The molecule has 0 aliphatic carbocycles. The minimum absolute atomic E-state index is 0.217. The molecule has 150 valence electrons. The summed E-state index contributed by atoms with van der Waals surface area (Å²) in [6.07, 6.45) is 5.52. The van der Waals surface area contributed by atoms with Gasteiger partial charge in [0.15, 0.2) is 0 Å². The van der Waals surface area contributed by atoms with Gasteiger partial charge in [-0.15, -0.1) is 0 Å². The highest BCUT2D eigenvalue weighted by molar-refractivity contribution is 7.92. The van der Waals surface area contributed by atoms with E-state index in [0.717, 1.165) is 18.4 Å². The van der Waals surface area contributed by atoms with E-state index in [1.165, 1.54) is 5.56 Å². The van der Waals surface area contributed by atoms with Crippen molar-refractivity contribution in [1.29, 1.82) is 0 Å². The normalized spacial score (nSPS) is 12.7. The van der Waals surface area contributed by atoms with Crippen molar-refractivity contribution < 1.29 is 13.5 Å². The minimum atomic E-state index is -3.62. The second-order valence-corrected chi connectivity index (χ2v) is 8.53. The molecule has 2 N–H and O–H groups in total. The van der Waals surface area contributed by atoms with Gasteiger partial charge < -0.3 is 5.11 Å². The van der Waals surface area contributed by atoms with Gasteiger partial charge in [-0.05, 0) is 54.7 Å². The number of aryl methyl sites for hydroxylation is 1. The third kappa shape index (κ3) is 6.59. The molecule has 0 aliphatic heterocycles. The van der Waals surface area contributed by atoms with Crippen LogP contribution >= 0.6 is 0 Å². The molecule has 0 radical (unpaired) electrons. The van der Waals surface area contributed by atoms with Crippen molar-refractivity contribution >= 4 is 21.8 Å². The molecule has 3 rings (SSSR count). The van der Waals surface area contributed by atoms with E-state index in [1.807, 2.05) is 30.3 Å². The summed E-state index contributed by atoms with van der Waals surface area (Å²) < 4.78 is 27.5. The highest BCUT2D eigenvalue weighted by Gasteiger charge is 2.13. The van der Waals surface area contributed by atoms with Crippen molar-refractivity contribution in [1.82, 2.24) is 0 Å². The highest BCUT2D eigenvalue weighted by Crippen LogP contribution is 2.18. The Labute approximate surface area is 172 Å². The Balaban J connectivity index is 1.56. The van der Waals surface area contributed by atoms with E-state index in [4.69, 9.17) is 0 Å². The monoisotopic (exact) mass is 407 g/mol. The lowest BCUT2D eigenvalue weighted by atomic mass is 10.1. The maximum absolute atomic E-state index is 12.4. The number of hydrogen-bond donors (Lipinski definition) is 2. The number of aliphatic hydroxyl groups is 1. The molecule has 0 saturated heterocycles. The molecular weight excluding hydrogens is 382 g/mol. The van der Waals surface area contributed by atoms with Crippen molar-refractivity contribution in [3.63, 3.8) is 0 Å². The zero-order chi connectivity index (χ0) is 20.5. The van der Waals surface area contributed by atoms with Crippen molar-refractivity contribution in [3.8, 4) is 0 Å². The second-order valence-electron chi connectivity index (χ2n) is 6.85. The van der Waals surface area contributed by atoms with Gasteiger partial charge in [0.25, 0.3) is 10.0 Å². The van der Waals surface area contributed by atoms with E-state index in [1.54, 1.807) is 54.6 Å². The van der Waals surface area contributed by atoms with Crippen molar-refractivity contribution in [2.24, 2.45) is 0 Å². The number of hydrogen-bond acceptors (Lipinski definition) is 3. The smallest absolute Gasteiger partial charge is 0.261 e. The van der Waals surface area contributed by atoms with Crippen LogP contribution in [0.4, 0.5) is 5.69 Å². The molecule has 0 bridgehead atoms. The molecule has 0 aromatic heterocycles. The van der Waals surface area contributed by atoms with E-state index in [2.05, 4.69) is 16.9 Å². The molecule has 0 spiro atoms. The molecule has 4 nitrogen and oxygen atoms in total. The molecule has 3 aromatic carbocycles. The number of sulfonamides is 1. The molecule has 0 fully saturated rings. The lowest BCUT2D eigenvalue weighted by Gasteiger charge is -2.09. The SMILES string of the molecule is O=S(=O)(Nc1cccc(/C=C/[C@@H](O)CCCc2ccccc2)c1)c1ccccc1. The van der Waals surface area contributed by atoms with Crippen LogP contribution in [-0.4, -0.2) is 19.6 Å². The van der Waals surface area contributed by atoms with Crippen LogP contribution in [0.5, 0.6) is 0 Å². The van der Waals surface area contributed by atoms with E-state index in [0.29, 0.717) is 12.1 Å². The van der Waals surface area contributed by atoms with E-state index >= 15 is 0 Å². The fourth-order valence-corrected chi connectivity index (χ4v) is 4.07. The third-order valence-corrected chi connectivity index (χ3v) is 5.91. The third-order valence-electron chi connectivity index (χ3n) is 4.51.